The first-order valence-corrected chi connectivity index (χ1v) is 7.96. The van der Waals surface area contributed by atoms with E-state index in [9.17, 15) is 4.79 Å². The van der Waals surface area contributed by atoms with E-state index < -0.39 is 0 Å². The number of hydrogen-bond donors (Lipinski definition) is 1. The number of ketones is 1. The molecule has 3 nitrogen and oxygen atoms in total. The summed E-state index contributed by atoms with van der Waals surface area (Å²) in [6.07, 6.45) is 3.46. The van der Waals surface area contributed by atoms with Gasteiger partial charge in [0.25, 0.3) is 0 Å². The molecule has 3 rings (SSSR count). The summed E-state index contributed by atoms with van der Waals surface area (Å²) in [6, 6.07) is 19.9. The summed E-state index contributed by atoms with van der Waals surface area (Å²) in [4.78, 5) is 18.2. The fourth-order valence-electron chi connectivity index (χ4n) is 2.82. The molecule has 2 aromatic carbocycles. The number of nitrogens with zero attached hydrogens (tertiary/aromatic N) is 1. The van der Waals surface area contributed by atoms with E-state index in [0.717, 1.165) is 30.1 Å². The fourth-order valence-corrected chi connectivity index (χ4v) is 2.82. The number of carbonyl (C=O) groups excluding carboxylic acids is 1. The van der Waals surface area contributed by atoms with Crippen molar-refractivity contribution in [2.45, 2.75) is 19.8 Å². The molecule has 0 aliphatic carbocycles. The van der Waals surface area contributed by atoms with Crippen LogP contribution in [0.4, 0.5) is 0 Å². The van der Waals surface area contributed by atoms with Crippen molar-refractivity contribution in [2.24, 2.45) is 4.99 Å². The van der Waals surface area contributed by atoms with E-state index in [2.05, 4.69) is 35.5 Å². The van der Waals surface area contributed by atoms with Gasteiger partial charge in [0.1, 0.15) is 12.6 Å². The van der Waals surface area contributed by atoms with Gasteiger partial charge in [0.15, 0.2) is 5.78 Å². The number of aliphatic imine (C=N–C) groups is 1. The van der Waals surface area contributed by atoms with Gasteiger partial charge in [-0.2, -0.15) is 4.99 Å². The van der Waals surface area contributed by atoms with E-state index in [4.69, 9.17) is 0 Å². The van der Waals surface area contributed by atoms with E-state index in [-0.39, 0.29) is 22.8 Å². The summed E-state index contributed by atoms with van der Waals surface area (Å²) < 4.78 is 0. The molecule has 124 valence electrons. The molecule has 4 heteroatoms. The Hall–Kier alpha value is -2.04. The molecule has 24 heavy (non-hydrogen) atoms. The van der Waals surface area contributed by atoms with Crippen LogP contribution in [-0.4, -0.2) is 18.2 Å². The van der Waals surface area contributed by atoms with Crippen LogP contribution >= 0.6 is 0 Å². The molecule has 1 unspecified atom stereocenters. The van der Waals surface area contributed by atoms with Gasteiger partial charge in [-0.25, -0.2) is 0 Å². The Balaban J connectivity index is 0.00000208. The summed E-state index contributed by atoms with van der Waals surface area (Å²) in [7, 11) is 0. The molecule has 0 saturated carbocycles. The van der Waals surface area contributed by atoms with E-state index in [1.165, 1.54) is 10.5 Å². The van der Waals surface area contributed by atoms with Crippen molar-refractivity contribution in [2.75, 3.05) is 6.54 Å². The molecular formula is C20H21BrN2O. The maximum atomic E-state index is 12.4. The molecule has 0 bridgehead atoms. The third-order valence-corrected chi connectivity index (χ3v) is 4.01. The van der Waals surface area contributed by atoms with Crippen LogP contribution in [-0.2, 0) is 6.42 Å². The summed E-state index contributed by atoms with van der Waals surface area (Å²) in [5.74, 6) is 1.05. The van der Waals surface area contributed by atoms with Crippen LogP contribution in [0.1, 0.15) is 29.3 Å². The van der Waals surface area contributed by atoms with Crippen molar-refractivity contribution in [3.63, 3.8) is 0 Å². The molecule has 0 amide bonds. The van der Waals surface area contributed by atoms with Gasteiger partial charge in [-0.3, -0.25) is 9.69 Å². The van der Waals surface area contributed by atoms with Crippen LogP contribution in [0.15, 0.2) is 77.6 Å². The van der Waals surface area contributed by atoms with Crippen LogP contribution in [0.3, 0.4) is 0 Å². The number of Topliss-reactive ketones (excluding diaryl/α,β-unsaturated/α-hetero) is 1. The first kappa shape index (κ1) is 18.3. The lowest BCUT2D eigenvalue weighted by molar-refractivity contribution is -0.745. The maximum absolute atomic E-state index is 12.4. The molecule has 1 atom stereocenters. The minimum atomic E-state index is 0. The average molecular weight is 385 g/mol. The van der Waals surface area contributed by atoms with Gasteiger partial charge in [-0.15, -0.1) is 0 Å². The molecule has 0 saturated heterocycles. The number of rotatable bonds is 6. The van der Waals surface area contributed by atoms with Crippen molar-refractivity contribution in [1.29, 1.82) is 0 Å². The summed E-state index contributed by atoms with van der Waals surface area (Å²) in [5, 5.41) is 0. The molecule has 0 spiro atoms. The molecule has 0 aromatic heterocycles. The highest BCUT2D eigenvalue weighted by molar-refractivity contribution is 6.07. The van der Waals surface area contributed by atoms with E-state index >= 15 is 0 Å². The van der Waals surface area contributed by atoms with Crippen molar-refractivity contribution in [1.82, 2.24) is 0 Å². The fraction of sp³-hybridized carbons (Fsp3) is 0.200. The maximum Gasteiger partial charge on any atom is 0.214 e. The Morgan fingerprint density at radius 2 is 1.62 bits per heavy atom. The highest BCUT2D eigenvalue weighted by Gasteiger charge is 2.24. The van der Waals surface area contributed by atoms with E-state index in [0.29, 0.717) is 6.42 Å². The average Bonchev–Trinajstić information content (AvgIpc) is 2.94. The quantitative estimate of drug-likeness (QED) is 0.679. The van der Waals surface area contributed by atoms with Crippen LogP contribution in [0, 0.1) is 0 Å². The number of allylic oxidation sites excluding steroid dienone is 1. The smallest absolute Gasteiger partial charge is 0.214 e. The zero-order valence-electron chi connectivity index (χ0n) is 13.7. The Morgan fingerprint density at radius 3 is 2.29 bits per heavy atom. The van der Waals surface area contributed by atoms with Crippen molar-refractivity contribution >= 4 is 11.6 Å². The van der Waals surface area contributed by atoms with Gasteiger partial charge in [0.05, 0.1) is 12.2 Å². The highest BCUT2D eigenvalue weighted by atomic mass is 79.9. The lowest BCUT2D eigenvalue weighted by Gasteiger charge is -2.12. The third-order valence-electron chi connectivity index (χ3n) is 4.01. The lowest BCUT2D eigenvalue weighted by atomic mass is 10.1. The number of halogens is 1. The molecule has 1 aliphatic rings. The number of amidine groups is 1. The second kappa shape index (κ2) is 8.71. The highest BCUT2D eigenvalue weighted by Crippen LogP contribution is 2.06. The number of benzene rings is 2. The van der Waals surface area contributed by atoms with Gasteiger partial charge in [0, 0.05) is 12.0 Å². The predicted molar refractivity (Wildman–Crippen MR) is 92.6 cm³/mol. The van der Waals surface area contributed by atoms with Gasteiger partial charge in [-0.1, -0.05) is 60.7 Å². The third kappa shape index (κ3) is 4.73. The Labute approximate surface area is 153 Å². The molecular weight excluding hydrogens is 364 g/mol. The normalized spacial score (nSPS) is 16.1. The van der Waals surface area contributed by atoms with E-state index in [1.807, 2.05) is 43.3 Å². The second-order valence-corrected chi connectivity index (χ2v) is 5.82. The van der Waals surface area contributed by atoms with Crippen LogP contribution < -0.4 is 21.9 Å². The predicted octanol–water partition coefficient (Wildman–Crippen LogP) is -0.336. The molecule has 1 N–H and O–H groups in total. The SMILES string of the molecule is CC1=C[NH+](CCc2ccccc2)C(CC(=O)c2ccccc2)=N1.[Br-]. The van der Waals surface area contributed by atoms with Gasteiger partial charge >= 0.3 is 0 Å². The minimum Gasteiger partial charge on any atom is -1.00 e. The zero-order valence-corrected chi connectivity index (χ0v) is 15.3. The first-order valence-electron chi connectivity index (χ1n) is 7.96. The molecule has 2 aromatic rings. The van der Waals surface area contributed by atoms with Crippen molar-refractivity contribution in [3.05, 3.63) is 83.7 Å². The molecule has 1 aliphatic heterocycles. The first-order chi connectivity index (χ1) is 11.2. The van der Waals surface area contributed by atoms with Crippen molar-refractivity contribution < 1.29 is 26.7 Å². The minimum absolute atomic E-state index is 0. The largest absolute Gasteiger partial charge is 1.00 e. The van der Waals surface area contributed by atoms with Crippen LogP contribution in [0.5, 0.6) is 0 Å². The zero-order chi connectivity index (χ0) is 16.1. The second-order valence-electron chi connectivity index (χ2n) is 5.82. The van der Waals surface area contributed by atoms with Crippen LogP contribution in [0.2, 0.25) is 0 Å². The summed E-state index contributed by atoms with van der Waals surface area (Å²) in [5.41, 5.74) is 3.05. The van der Waals surface area contributed by atoms with Gasteiger partial charge in [0.2, 0.25) is 5.84 Å². The lowest BCUT2D eigenvalue weighted by Crippen LogP contribution is -3.09. The number of nitrogens with one attached hydrogen (secondary N) is 1. The summed E-state index contributed by atoms with van der Waals surface area (Å²) >= 11 is 0. The van der Waals surface area contributed by atoms with Gasteiger partial charge in [-0.05, 0) is 12.5 Å². The van der Waals surface area contributed by atoms with Gasteiger partial charge < -0.3 is 17.0 Å². The standard InChI is InChI=1S/C20H20N2O.BrH/c1-16-15-22(13-12-17-8-4-2-5-9-17)20(21-16)14-19(23)18-10-6-3-7-11-18;/h2-11,15H,12-14H2,1H3;1H. The monoisotopic (exact) mass is 384 g/mol. The number of carbonyl (C=O) groups is 1. The Morgan fingerprint density at radius 1 is 1.00 bits per heavy atom. The molecule has 1 heterocycles. The Bertz CT molecular complexity index is 739. The topological polar surface area (TPSA) is 33.9 Å². The molecule has 0 fully saturated rings. The molecule has 0 radical (unpaired) electrons. The number of hydrogen-bond acceptors (Lipinski definition) is 2. The number of quaternary nitrogens is 1. The van der Waals surface area contributed by atoms with Crippen molar-refractivity contribution in [3.8, 4) is 0 Å². The Kier molecular flexibility index (Phi) is 6.64. The van der Waals surface area contributed by atoms with E-state index in [1.54, 1.807) is 0 Å². The van der Waals surface area contributed by atoms with Crippen LogP contribution in [0.25, 0.3) is 0 Å². The summed E-state index contributed by atoms with van der Waals surface area (Å²) in [6.45, 7) is 2.91.